The molecule has 0 bridgehead atoms. The van der Waals surface area contributed by atoms with Crippen LogP contribution in [0.1, 0.15) is 85.5 Å². The van der Waals surface area contributed by atoms with Gasteiger partial charge in [0.15, 0.2) is 0 Å². The summed E-state index contributed by atoms with van der Waals surface area (Å²) in [6.45, 7) is 11.8. The van der Waals surface area contributed by atoms with Crippen molar-refractivity contribution >= 4 is 45.0 Å². The van der Waals surface area contributed by atoms with Crippen LogP contribution in [0.5, 0.6) is 0 Å². The fraction of sp³-hybridized carbons (Fsp3) is 1.00. The molecule has 1 aliphatic rings. The molecule has 2 nitrogen and oxygen atoms in total. The van der Waals surface area contributed by atoms with Gasteiger partial charge in [-0.15, -0.1) is 9.49 Å². The largest absolute Gasteiger partial charge is 3.00 e. The van der Waals surface area contributed by atoms with Gasteiger partial charge in [0.05, 0.1) is 0 Å². The molecule has 0 aliphatic heterocycles. The van der Waals surface area contributed by atoms with Gasteiger partial charge >= 0.3 is 19.8 Å². The first-order valence-corrected chi connectivity index (χ1v) is 10.5. The normalized spacial score (nSPS) is 18.2. The Morgan fingerprint density at radius 3 is 1.71 bits per heavy atom. The Bertz CT molecular complexity index is 325. The minimum Gasteiger partial charge on any atom is -0.785 e. The van der Waals surface area contributed by atoms with E-state index in [1.165, 1.54) is 32.1 Å². The minimum atomic E-state index is 0. The van der Waals surface area contributed by atoms with Crippen LogP contribution in [0.25, 0.3) is 0 Å². The molecule has 5 heteroatoms. The van der Waals surface area contributed by atoms with Gasteiger partial charge in [-0.1, -0.05) is 72.6 Å². The van der Waals surface area contributed by atoms with Gasteiger partial charge in [-0.05, 0) is 25.9 Å². The Kier molecular flexibility index (Phi) is 12.5. The number of hydrogen-bond donors (Lipinski definition) is 2. The van der Waals surface area contributed by atoms with Crippen molar-refractivity contribution in [2.24, 2.45) is 0 Å². The van der Waals surface area contributed by atoms with Crippen molar-refractivity contribution in [1.29, 1.82) is 0 Å². The molecule has 0 radical (unpaired) electrons. The maximum Gasteiger partial charge on any atom is 3.00 e. The molecule has 0 saturated heterocycles. The minimum absolute atomic E-state index is 0. The summed E-state index contributed by atoms with van der Waals surface area (Å²) >= 11 is 11.6. The number of nitrogens with one attached hydrogen (secondary N) is 2. The van der Waals surface area contributed by atoms with Crippen molar-refractivity contribution in [2.45, 2.75) is 101 Å². The van der Waals surface area contributed by atoms with E-state index < -0.39 is 0 Å². The zero-order chi connectivity index (χ0) is 17.4. The van der Waals surface area contributed by atoms with Crippen LogP contribution in [0.2, 0.25) is 0 Å². The standard InChI is InChI=1S/C19H40N2S2.Ga/c1-5-18(22,6-2)15-20-14-17(12-10-9-11-13-17)21-16-19(23,7-3)8-4;/h20-23H,5-16H2,1-4H3;/q;+3/p-2/i;1-2. The molecule has 0 spiro atoms. The first-order valence-electron chi connectivity index (χ1n) is 9.73. The molecule has 0 atom stereocenters. The molecule has 24 heavy (non-hydrogen) atoms. The smallest absolute Gasteiger partial charge is 0.785 e. The SMILES string of the molecule is CCC([S-])(CC)CNCC1(NCC([S-])(CC)CC)CCCCC1.[68Ga+3]. The van der Waals surface area contributed by atoms with Crippen molar-refractivity contribution in [2.75, 3.05) is 19.6 Å². The van der Waals surface area contributed by atoms with Gasteiger partial charge in [0.2, 0.25) is 0 Å². The van der Waals surface area contributed by atoms with E-state index in [4.69, 9.17) is 25.3 Å². The Morgan fingerprint density at radius 2 is 1.25 bits per heavy atom. The molecule has 1 fully saturated rings. The van der Waals surface area contributed by atoms with E-state index in [0.717, 1.165) is 45.3 Å². The van der Waals surface area contributed by atoms with Crippen molar-refractivity contribution < 1.29 is 0 Å². The molecular weight excluding hydrogens is 388 g/mol. The maximum absolute atomic E-state index is 5.83. The zero-order valence-corrected chi connectivity index (χ0v) is 20.4. The molecule has 0 aromatic rings. The van der Waals surface area contributed by atoms with Crippen LogP contribution in [-0.2, 0) is 25.3 Å². The number of hydrogen-bond acceptors (Lipinski definition) is 4. The third kappa shape index (κ3) is 7.87. The summed E-state index contributed by atoms with van der Waals surface area (Å²) in [4.78, 5) is 0. The predicted molar refractivity (Wildman–Crippen MR) is 114 cm³/mol. The van der Waals surface area contributed by atoms with Crippen LogP contribution in [0, 0.1) is 0 Å². The van der Waals surface area contributed by atoms with Gasteiger partial charge in [-0.3, -0.25) is 0 Å². The van der Waals surface area contributed by atoms with E-state index in [2.05, 4.69) is 38.3 Å². The van der Waals surface area contributed by atoms with Crippen LogP contribution in [0.4, 0.5) is 0 Å². The third-order valence-electron chi connectivity index (χ3n) is 6.08. The Labute approximate surface area is 175 Å². The Hall–Kier alpha value is 1.26. The van der Waals surface area contributed by atoms with E-state index >= 15 is 0 Å². The number of rotatable bonds is 11. The molecule has 0 heterocycles. The van der Waals surface area contributed by atoms with Crippen molar-refractivity contribution in [3.63, 3.8) is 0 Å². The second kappa shape index (κ2) is 11.9. The summed E-state index contributed by atoms with van der Waals surface area (Å²) in [6, 6.07) is 0. The Balaban J connectivity index is 0.00000529. The second-order valence-corrected chi connectivity index (χ2v) is 9.31. The van der Waals surface area contributed by atoms with Crippen molar-refractivity contribution in [3.8, 4) is 0 Å². The van der Waals surface area contributed by atoms with Crippen LogP contribution in [-0.4, -0.2) is 54.5 Å². The fourth-order valence-electron chi connectivity index (χ4n) is 3.52. The average molecular weight is 427 g/mol. The van der Waals surface area contributed by atoms with Gasteiger partial charge in [0.25, 0.3) is 0 Å². The topological polar surface area (TPSA) is 24.1 Å². The first kappa shape index (κ1) is 25.3. The monoisotopic (exact) mass is 426 g/mol. The van der Waals surface area contributed by atoms with Crippen LogP contribution in [0.15, 0.2) is 0 Å². The van der Waals surface area contributed by atoms with Crippen LogP contribution >= 0.6 is 0 Å². The zero-order valence-electron chi connectivity index (χ0n) is 16.4. The summed E-state index contributed by atoms with van der Waals surface area (Å²) in [5, 5.41) is 7.61. The molecule has 0 aromatic carbocycles. The van der Waals surface area contributed by atoms with Crippen LogP contribution < -0.4 is 10.6 Å². The summed E-state index contributed by atoms with van der Waals surface area (Å²) in [5.74, 6) is 0. The van der Waals surface area contributed by atoms with Gasteiger partial charge in [-0.25, -0.2) is 0 Å². The third-order valence-corrected chi connectivity index (χ3v) is 7.53. The summed E-state index contributed by atoms with van der Waals surface area (Å²) in [7, 11) is 0. The van der Waals surface area contributed by atoms with Crippen molar-refractivity contribution in [3.05, 3.63) is 0 Å². The van der Waals surface area contributed by atoms with Crippen LogP contribution in [0.3, 0.4) is 0 Å². The van der Waals surface area contributed by atoms with Gasteiger partial charge in [-0.2, -0.15) is 0 Å². The van der Waals surface area contributed by atoms with E-state index in [1.807, 2.05) is 0 Å². The predicted octanol–water partition coefficient (Wildman–Crippen LogP) is 3.70. The molecule has 1 saturated carbocycles. The van der Waals surface area contributed by atoms with Gasteiger partial charge in [0, 0.05) is 12.1 Å². The average Bonchev–Trinajstić information content (AvgIpc) is 2.60. The fourth-order valence-corrected chi connectivity index (χ4v) is 3.70. The quantitative estimate of drug-likeness (QED) is 0.389. The van der Waals surface area contributed by atoms with E-state index in [1.54, 1.807) is 0 Å². The maximum atomic E-state index is 5.83. The van der Waals surface area contributed by atoms with E-state index in [-0.39, 0.29) is 34.8 Å². The summed E-state index contributed by atoms with van der Waals surface area (Å²) in [5.41, 5.74) is 0.227. The Morgan fingerprint density at radius 1 is 0.792 bits per heavy atom. The molecular formula is C19H38GaN2S2+. The molecule has 1 rings (SSSR count). The van der Waals surface area contributed by atoms with Crippen molar-refractivity contribution in [1.82, 2.24) is 10.6 Å². The molecule has 2 N–H and O–H groups in total. The first-order chi connectivity index (χ1) is 10.9. The second-order valence-electron chi connectivity index (χ2n) is 7.58. The molecule has 0 amide bonds. The van der Waals surface area contributed by atoms with E-state index in [9.17, 15) is 0 Å². The van der Waals surface area contributed by atoms with Gasteiger partial charge < -0.3 is 35.9 Å². The van der Waals surface area contributed by atoms with E-state index in [0.29, 0.717) is 0 Å². The molecule has 0 unspecified atom stereocenters. The summed E-state index contributed by atoms with van der Waals surface area (Å²) < 4.78 is 0.0313. The summed E-state index contributed by atoms with van der Waals surface area (Å²) in [6.07, 6.45) is 10.8. The van der Waals surface area contributed by atoms with Gasteiger partial charge in [0.1, 0.15) is 0 Å². The molecule has 1 aliphatic carbocycles. The molecule has 138 valence electrons. The molecule has 0 aromatic heterocycles.